The van der Waals surface area contributed by atoms with Crippen LogP contribution in [-0.4, -0.2) is 63.8 Å². The number of thioether (sulfide) groups is 1. The van der Waals surface area contributed by atoms with E-state index >= 15 is 0 Å². The Kier molecular flexibility index (Phi) is 8.23. The van der Waals surface area contributed by atoms with Crippen molar-refractivity contribution in [2.24, 2.45) is 7.05 Å². The summed E-state index contributed by atoms with van der Waals surface area (Å²) in [6.07, 6.45) is 2.30. The smallest absolute Gasteiger partial charge is 0.233 e. The van der Waals surface area contributed by atoms with Gasteiger partial charge in [0.05, 0.1) is 22.3 Å². The Morgan fingerprint density at radius 1 is 1.35 bits per heavy atom. The van der Waals surface area contributed by atoms with Crippen molar-refractivity contribution < 1.29 is 17.9 Å². The number of aromatic nitrogens is 3. The lowest BCUT2D eigenvalue weighted by molar-refractivity contribution is -0.130. The van der Waals surface area contributed by atoms with Crippen LogP contribution in [-0.2, 0) is 28.3 Å². The molecule has 1 aromatic heterocycles. The van der Waals surface area contributed by atoms with Crippen LogP contribution < -0.4 is 4.74 Å². The van der Waals surface area contributed by atoms with E-state index in [1.165, 1.54) is 11.8 Å². The molecular weight excluding hydrogens is 460 g/mol. The van der Waals surface area contributed by atoms with E-state index in [-0.39, 0.29) is 35.8 Å². The van der Waals surface area contributed by atoms with Crippen molar-refractivity contribution in [3.8, 4) is 5.75 Å². The summed E-state index contributed by atoms with van der Waals surface area (Å²) in [5.74, 6) is 1.49. The maximum absolute atomic E-state index is 12.9. The number of amides is 1. The molecule has 1 fully saturated rings. The number of unbranched alkanes of at least 4 members (excludes halogenated alkanes) is 1. The zero-order valence-electron chi connectivity index (χ0n) is 17.7. The molecule has 1 aromatic carbocycles. The summed E-state index contributed by atoms with van der Waals surface area (Å²) in [7, 11) is -1.24. The zero-order valence-corrected chi connectivity index (χ0v) is 20.0. The highest BCUT2D eigenvalue weighted by atomic mass is 35.5. The molecule has 0 bridgehead atoms. The van der Waals surface area contributed by atoms with Crippen LogP contribution in [0.25, 0.3) is 0 Å². The van der Waals surface area contributed by atoms with Gasteiger partial charge >= 0.3 is 0 Å². The number of hydrogen-bond acceptors (Lipinski definition) is 7. The molecule has 1 aliphatic heterocycles. The first-order chi connectivity index (χ1) is 14.8. The Hall–Kier alpha value is -1.78. The first-order valence-corrected chi connectivity index (χ1v) is 13.4. The van der Waals surface area contributed by atoms with Gasteiger partial charge in [-0.25, -0.2) is 8.42 Å². The summed E-state index contributed by atoms with van der Waals surface area (Å²) in [6.45, 7) is 2.82. The molecule has 1 atom stereocenters. The van der Waals surface area contributed by atoms with Crippen LogP contribution in [0.2, 0.25) is 5.02 Å². The number of benzene rings is 1. The molecule has 8 nitrogen and oxygen atoms in total. The predicted molar refractivity (Wildman–Crippen MR) is 121 cm³/mol. The van der Waals surface area contributed by atoms with E-state index in [4.69, 9.17) is 16.3 Å². The number of ether oxygens (including phenoxy) is 1. The third-order valence-corrected chi connectivity index (χ3v) is 8.23. The topological polar surface area (TPSA) is 94.4 Å². The number of halogens is 1. The minimum Gasteiger partial charge on any atom is -0.484 e. The Morgan fingerprint density at radius 2 is 2.13 bits per heavy atom. The highest BCUT2D eigenvalue weighted by Gasteiger charge is 2.34. The van der Waals surface area contributed by atoms with E-state index in [0.717, 1.165) is 12.8 Å². The summed E-state index contributed by atoms with van der Waals surface area (Å²) in [5.41, 5.74) is 0. The van der Waals surface area contributed by atoms with Crippen LogP contribution >= 0.6 is 23.4 Å². The maximum Gasteiger partial charge on any atom is 0.233 e. The second-order valence-corrected chi connectivity index (χ2v) is 11.0. The van der Waals surface area contributed by atoms with E-state index in [1.54, 1.807) is 21.6 Å². The van der Waals surface area contributed by atoms with Crippen molar-refractivity contribution in [2.45, 2.75) is 44.0 Å². The fourth-order valence-corrected chi connectivity index (χ4v) is 6.11. The predicted octanol–water partition coefficient (Wildman–Crippen LogP) is 2.96. The average Bonchev–Trinajstić information content (AvgIpc) is 3.27. The SMILES string of the molecule is CCCCN(C(=O)CSc1nnc(COc2ccccc2Cl)n1C)C1CCS(=O)(=O)C1. The number of para-hydroxylation sites is 1. The number of hydrogen-bond donors (Lipinski definition) is 0. The molecule has 11 heteroatoms. The van der Waals surface area contributed by atoms with Gasteiger partial charge in [0.25, 0.3) is 0 Å². The van der Waals surface area contributed by atoms with Gasteiger partial charge in [-0.15, -0.1) is 10.2 Å². The minimum atomic E-state index is -3.05. The van der Waals surface area contributed by atoms with Gasteiger partial charge < -0.3 is 14.2 Å². The largest absolute Gasteiger partial charge is 0.484 e. The zero-order chi connectivity index (χ0) is 22.4. The van der Waals surface area contributed by atoms with Crippen LogP contribution in [0.5, 0.6) is 5.75 Å². The second kappa shape index (κ2) is 10.7. The summed E-state index contributed by atoms with van der Waals surface area (Å²) in [4.78, 5) is 14.6. The van der Waals surface area contributed by atoms with Gasteiger partial charge in [-0.1, -0.05) is 48.8 Å². The Morgan fingerprint density at radius 3 is 2.81 bits per heavy atom. The van der Waals surface area contributed by atoms with Gasteiger partial charge in [0.15, 0.2) is 20.8 Å². The molecule has 2 aromatic rings. The molecule has 1 amide bonds. The quantitative estimate of drug-likeness (QED) is 0.476. The van der Waals surface area contributed by atoms with Crippen molar-refractivity contribution in [3.63, 3.8) is 0 Å². The number of carbonyl (C=O) groups is 1. The number of carbonyl (C=O) groups excluding carboxylic acids is 1. The molecule has 0 aliphatic carbocycles. The Bertz CT molecular complexity index is 1010. The summed E-state index contributed by atoms with van der Waals surface area (Å²) in [6, 6.07) is 6.96. The molecule has 0 saturated carbocycles. The average molecular weight is 487 g/mol. The van der Waals surface area contributed by atoms with E-state index in [9.17, 15) is 13.2 Å². The highest BCUT2D eigenvalue weighted by molar-refractivity contribution is 7.99. The van der Waals surface area contributed by atoms with Gasteiger partial charge in [-0.05, 0) is 25.0 Å². The van der Waals surface area contributed by atoms with Gasteiger partial charge in [0, 0.05) is 19.6 Å². The maximum atomic E-state index is 12.9. The normalized spacial score (nSPS) is 17.6. The Labute approximate surface area is 192 Å². The molecule has 1 aliphatic rings. The van der Waals surface area contributed by atoms with Gasteiger partial charge in [-0.3, -0.25) is 4.79 Å². The van der Waals surface area contributed by atoms with Crippen LogP contribution in [0, 0.1) is 0 Å². The first kappa shape index (κ1) is 23.9. The highest BCUT2D eigenvalue weighted by Crippen LogP contribution is 2.25. The standard InChI is InChI=1S/C20H27ClN4O4S2/c1-3-4-10-25(15-9-11-31(27,28)14-15)19(26)13-30-20-23-22-18(24(20)2)12-29-17-8-6-5-7-16(17)21/h5-8,15H,3-4,9-14H2,1-2H3. The van der Waals surface area contributed by atoms with Crippen LogP contribution in [0.4, 0.5) is 0 Å². The van der Waals surface area contributed by atoms with E-state index in [1.807, 2.05) is 19.2 Å². The van der Waals surface area contributed by atoms with Crippen LogP contribution in [0.1, 0.15) is 32.0 Å². The van der Waals surface area contributed by atoms with Crippen molar-refractivity contribution in [3.05, 3.63) is 35.1 Å². The van der Waals surface area contributed by atoms with Crippen LogP contribution in [0.3, 0.4) is 0 Å². The molecule has 0 N–H and O–H groups in total. The molecule has 1 unspecified atom stereocenters. The van der Waals surface area contributed by atoms with Gasteiger partial charge in [-0.2, -0.15) is 0 Å². The van der Waals surface area contributed by atoms with E-state index in [2.05, 4.69) is 17.1 Å². The summed E-state index contributed by atoms with van der Waals surface area (Å²) in [5, 5.41) is 9.43. The fourth-order valence-electron chi connectivity index (χ4n) is 3.37. The lowest BCUT2D eigenvalue weighted by Gasteiger charge is -2.28. The molecule has 31 heavy (non-hydrogen) atoms. The molecule has 2 heterocycles. The van der Waals surface area contributed by atoms with Crippen molar-refractivity contribution in [2.75, 3.05) is 23.8 Å². The number of rotatable bonds is 10. The lowest BCUT2D eigenvalue weighted by Crippen LogP contribution is -2.42. The van der Waals surface area contributed by atoms with Gasteiger partial charge in [0.2, 0.25) is 5.91 Å². The molecule has 3 rings (SSSR count). The summed E-state index contributed by atoms with van der Waals surface area (Å²) >= 11 is 7.39. The Balaban J connectivity index is 1.59. The second-order valence-electron chi connectivity index (χ2n) is 7.46. The minimum absolute atomic E-state index is 0.0562. The van der Waals surface area contributed by atoms with E-state index in [0.29, 0.717) is 34.7 Å². The molecular formula is C20H27ClN4O4S2. The third kappa shape index (κ3) is 6.36. The van der Waals surface area contributed by atoms with Gasteiger partial charge in [0.1, 0.15) is 12.4 Å². The number of nitrogens with zero attached hydrogens (tertiary/aromatic N) is 4. The monoisotopic (exact) mass is 486 g/mol. The third-order valence-electron chi connectivity index (χ3n) is 5.17. The summed E-state index contributed by atoms with van der Waals surface area (Å²) < 4.78 is 31.2. The number of sulfone groups is 1. The first-order valence-electron chi connectivity index (χ1n) is 10.2. The molecule has 1 saturated heterocycles. The van der Waals surface area contributed by atoms with Crippen LogP contribution in [0.15, 0.2) is 29.4 Å². The van der Waals surface area contributed by atoms with Crippen molar-refractivity contribution >= 4 is 39.1 Å². The van der Waals surface area contributed by atoms with Crippen molar-refractivity contribution in [1.29, 1.82) is 0 Å². The lowest BCUT2D eigenvalue weighted by atomic mass is 10.2. The van der Waals surface area contributed by atoms with Crippen molar-refractivity contribution in [1.82, 2.24) is 19.7 Å². The molecule has 170 valence electrons. The molecule has 0 radical (unpaired) electrons. The van der Waals surface area contributed by atoms with E-state index < -0.39 is 9.84 Å². The fraction of sp³-hybridized carbons (Fsp3) is 0.550. The molecule has 0 spiro atoms.